The fourth-order valence-corrected chi connectivity index (χ4v) is 1.83. The van der Waals surface area contributed by atoms with Gasteiger partial charge in [-0.3, -0.25) is 0 Å². The lowest BCUT2D eigenvalue weighted by Crippen LogP contribution is -2.33. The van der Waals surface area contributed by atoms with Crippen molar-refractivity contribution in [3.8, 4) is 5.75 Å². The zero-order valence-corrected chi connectivity index (χ0v) is 8.83. The molecule has 2 atom stereocenters. The van der Waals surface area contributed by atoms with Crippen molar-refractivity contribution in [1.82, 2.24) is 4.90 Å². The van der Waals surface area contributed by atoms with Crippen LogP contribution in [0.25, 0.3) is 0 Å². The number of carbonyl (C=O) groups is 1. The molecule has 0 radical (unpaired) electrons. The van der Waals surface area contributed by atoms with E-state index in [0.29, 0.717) is 5.56 Å². The molecule has 1 aliphatic heterocycles. The largest absolute Gasteiger partial charge is 0.508 e. The Morgan fingerprint density at radius 1 is 1.44 bits per heavy atom. The second kappa shape index (κ2) is 4.02. The van der Waals surface area contributed by atoms with E-state index in [9.17, 15) is 15.0 Å². The number of phenolic OH excluding ortho intramolecular Hbond substituents is 1. The summed E-state index contributed by atoms with van der Waals surface area (Å²) in [6.45, 7) is -0.207. The Morgan fingerprint density at radius 2 is 2.12 bits per heavy atom. The zero-order chi connectivity index (χ0) is 11.7. The molecule has 1 aromatic carbocycles. The number of nitrogens with zero attached hydrogens (tertiary/aromatic N) is 1. The van der Waals surface area contributed by atoms with Crippen LogP contribution >= 0.6 is 0 Å². The Balaban J connectivity index is 2.35. The van der Waals surface area contributed by atoms with E-state index >= 15 is 0 Å². The van der Waals surface area contributed by atoms with E-state index < -0.39 is 18.2 Å². The SMILES string of the molecule is CN1C(=O)OC(c2ccccc2O)C1CO. The summed E-state index contributed by atoms with van der Waals surface area (Å²) >= 11 is 0. The topological polar surface area (TPSA) is 70.0 Å². The van der Waals surface area contributed by atoms with Crippen LogP contribution in [0.2, 0.25) is 0 Å². The number of likely N-dealkylation sites (N-methyl/N-ethyl adjacent to an activating group) is 1. The van der Waals surface area contributed by atoms with Gasteiger partial charge in [-0.15, -0.1) is 0 Å². The number of phenols is 1. The molecule has 1 aliphatic rings. The van der Waals surface area contributed by atoms with Crippen LogP contribution < -0.4 is 0 Å². The third-order valence-electron chi connectivity index (χ3n) is 2.79. The van der Waals surface area contributed by atoms with Crippen molar-refractivity contribution in [3.63, 3.8) is 0 Å². The number of aliphatic hydroxyl groups excluding tert-OH is 1. The second-order valence-electron chi connectivity index (χ2n) is 3.72. The normalized spacial score (nSPS) is 24.6. The monoisotopic (exact) mass is 223 g/mol. The maximum atomic E-state index is 11.3. The third kappa shape index (κ3) is 1.59. The Morgan fingerprint density at radius 3 is 2.75 bits per heavy atom. The summed E-state index contributed by atoms with van der Waals surface area (Å²) < 4.78 is 5.11. The highest BCUT2D eigenvalue weighted by molar-refractivity contribution is 5.71. The highest BCUT2D eigenvalue weighted by Gasteiger charge is 2.40. The highest BCUT2D eigenvalue weighted by atomic mass is 16.6. The van der Waals surface area contributed by atoms with Crippen LogP contribution in [-0.4, -0.2) is 40.9 Å². The first-order chi connectivity index (χ1) is 7.65. The summed E-state index contributed by atoms with van der Waals surface area (Å²) in [5.41, 5.74) is 0.513. The van der Waals surface area contributed by atoms with Gasteiger partial charge in [-0.2, -0.15) is 0 Å². The van der Waals surface area contributed by atoms with E-state index in [4.69, 9.17) is 4.74 Å². The van der Waals surface area contributed by atoms with E-state index in [1.807, 2.05) is 0 Å². The average molecular weight is 223 g/mol. The summed E-state index contributed by atoms with van der Waals surface area (Å²) in [6.07, 6.45) is -1.11. The van der Waals surface area contributed by atoms with Gasteiger partial charge in [-0.1, -0.05) is 18.2 Å². The maximum Gasteiger partial charge on any atom is 0.410 e. The molecular weight excluding hydrogens is 210 g/mol. The van der Waals surface area contributed by atoms with Gasteiger partial charge in [0, 0.05) is 12.6 Å². The molecule has 2 N–H and O–H groups in total. The molecule has 0 aromatic heterocycles. The molecule has 1 heterocycles. The molecular formula is C11H13NO4. The lowest BCUT2D eigenvalue weighted by Gasteiger charge is -2.19. The summed E-state index contributed by atoms with van der Waals surface area (Å²) in [6, 6.07) is 6.18. The zero-order valence-electron chi connectivity index (χ0n) is 8.83. The van der Waals surface area contributed by atoms with E-state index in [1.54, 1.807) is 25.2 Å². The number of rotatable bonds is 2. The van der Waals surface area contributed by atoms with Gasteiger partial charge in [-0.25, -0.2) is 4.79 Å². The van der Waals surface area contributed by atoms with Gasteiger partial charge >= 0.3 is 6.09 Å². The fourth-order valence-electron chi connectivity index (χ4n) is 1.83. The molecule has 0 saturated carbocycles. The number of cyclic esters (lactones) is 1. The van der Waals surface area contributed by atoms with E-state index in [1.165, 1.54) is 11.0 Å². The predicted molar refractivity (Wildman–Crippen MR) is 56.0 cm³/mol. The number of benzene rings is 1. The number of hydrogen-bond acceptors (Lipinski definition) is 4. The van der Waals surface area contributed by atoms with Crippen molar-refractivity contribution in [1.29, 1.82) is 0 Å². The van der Waals surface area contributed by atoms with Gasteiger partial charge in [0.2, 0.25) is 0 Å². The minimum absolute atomic E-state index is 0.0639. The summed E-state index contributed by atoms with van der Waals surface area (Å²) in [5, 5.41) is 18.9. The molecule has 16 heavy (non-hydrogen) atoms. The molecule has 2 rings (SSSR count). The first kappa shape index (κ1) is 10.8. The fraction of sp³-hybridized carbons (Fsp3) is 0.364. The molecule has 5 nitrogen and oxygen atoms in total. The van der Waals surface area contributed by atoms with Crippen molar-refractivity contribution in [2.45, 2.75) is 12.1 Å². The molecule has 86 valence electrons. The highest BCUT2D eigenvalue weighted by Crippen LogP contribution is 2.35. The molecule has 2 unspecified atom stereocenters. The van der Waals surface area contributed by atoms with Crippen LogP contribution in [0.5, 0.6) is 5.75 Å². The summed E-state index contributed by atoms with van der Waals surface area (Å²) in [5.74, 6) is 0.0639. The first-order valence-corrected chi connectivity index (χ1v) is 4.97. The maximum absolute atomic E-state index is 11.3. The molecule has 1 saturated heterocycles. The minimum Gasteiger partial charge on any atom is -0.508 e. The van der Waals surface area contributed by atoms with Crippen LogP contribution in [0.4, 0.5) is 4.79 Å². The number of carbonyl (C=O) groups excluding carboxylic acids is 1. The van der Waals surface area contributed by atoms with Gasteiger partial charge in [0.05, 0.1) is 12.6 Å². The van der Waals surface area contributed by atoms with Crippen LogP contribution in [-0.2, 0) is 4.74 Å². The summed E-state index contributed by atoms with van der Waals surface area (Å²) in [7, 11) is 1.56. The Kier molecular flexibility index (Phi) is 2.70. The van der Waals surface area contributed by atoms with Crippen LogP contribution in [0.15, 0.2) is 24.3 Å². The van der Waals surface area contributed by atoms with E-state index in [0.717, 1.165) is 0 Å². The molecule has 1 fully saturated rings. The van der Waals surface area contributed by atoms with Crippen molar-refractivity contribution in [2.24, 2.45) is 0 Å². The molecule has 1 amide bonds. The van der Waals surface area contributed by atoms with Crippen LogP contribution in [0.1, 0.15) is 11.7 Å². The van der Waals surface area contributed by atoms with E-state index in [-0.39, 0.29) is 12.4 Å². The van der Waals surface area contributed by atoms with Crippen molar-refractivity contribution >= 4 is 6.09 Å². The Labute approximate surface area is 92.9 Å². The molecule has 0 aliphatic carbocycles. The number of amides is 1. The van der Waals surface area contributed by atoms with Crippen molar-refractivity contribution < 1.29 is 19.7 Å². The smallest absolute Gasteiger partial charge is 0.410 e. The Bertz CT molecular complexity index is 407. The van der Waals surface area contributed by atoms with Crippen molar-refractivity contribution in [3.05, 3.63) is 29.8 Å². The molecule has 0 bridgehead atoms. The number of hydrogen-bond donors (Lipinski definition) is 2. The number of aromatic hydroxyl groups is 1. The second-order valence-corrected chi connectivity index (χ2v) is 3.72. The Hall–Kier alpha value is -1.75. The quantitative estimate of drug-likeness (QED) is 0.780. The van der Waals surface area contributed by atoms with Crippen LogP contribution in [0, 0.1) is 0 Å². The number of para-hydroxylation sites is 1. The lowest BCUT2D eigenvalue weighted by molar-refractivity contribution is 0.116. The molecule has 0 spiro atoms. The molecule has 1 aromatic rings. The minimum atomic E-state index is -0.622. The first-order valence-electron chi connectivity index (χ1n) is 4.97. The van der Waals surface area contributed by atoms with Crippen molar-refractivity contribution in [2.75, 3.05) is 13.7 Å². The summed E-state index contributed by atoms with van der Waals surface area (Å²) in [4.78, 5) is 12.7. The average Bonchev–Trinajstić information content (AvgIpc) is 2.56. The number of ether oxygens (including phenoxy) is 1. The predicted octanol–water partition coefficient (Wildman–Crippen LogP) is 0.876. The standard InChI is InChI=1S/C11H13NO4/c1-12-8(6-13)10(16-11(12)15)7-4-2-3-5-9(7)14/h2-5,8,10,13-14H,6H2,1H3. The van der Waals surface area contributed by atoms with Gasteiger partial charge < -0.3 is 19.8 Å². The molecule has 5 heteroatoms. The van der Waals surface area contributed by atoms with Gasteiger partial charge in [-0.05, 0) is 6.07 Å². The van der Waals surface area contributed by atoms with Crippen LogP contribution in [0.3, 0.4) is 0 Å². The van der Waals surface area contributed by atoms with Gasteiger partial charge in [0.15, 0.2) is 6.10 Å². The third-order valence-corrected chi connectivity index (χ3v) is 2.79. The number of aliphatic hydroxyl groups is 1. The lowest BCUT2D eigenvalue weighted by atomic mass is 10.0. The van der Waals surface area contributed by atoms with Gasteiger partial charge in [0.25, 0.3) is 0 Å². The van der Waals surface area contributed by atoms with Gasteiger partial charge in [0.1, 0.15) is 5.75 Å². The van der Waals surface area contributed by atoms with E-state index in [2.05, 4.69) is 0 Å².